The molecule has 1 atom stereocenters. The van der Waals surface area contributed by atoms with Crippen molar-refractivity contribution in [2.75, 3.05) is 34.4 Å². The summed E-state index contributed by atoms with van der Waals surface area (Å²) < 4.78 is 18.7. The number of carbonyl (C=O) groups excluding carboxylic acids is 1. The molecule has 1 amide bonds. The van der Waals surface area contributed by atoms with E-state index in [0.29, 0.717) is 18.7 Å². The smallest absolute Gasteiger partial charge is 0.240 e. The van der Waals surface area contributed by atoms with Gasteiger partial charge in [0.25, 0.3) is 0 Å². The maximum absolute atomic E-state index is 13.7. The molecule has 0 N–H and O–H groups in total. The summed E-state index contributed by atoms with van der Waals surface area (Å²) in [6.07, 6.45) is 0. The van der Waals surface area contributed by atoms with E-state index in [-0.39, 0.29) is 24.3 Å². The summed E-state index contributed by atoms with van der Waals surface area (Å²) in [5.74, 6) is -0.324. The van der Waals surface area contributed by atoms with Crippen LogP contribution in [-0.4, -0.2) is 56.1 Å². The van der Waals surface area contributed by atoms with Gasteiger partial charge in [0.1, 0.15) is 5.82 Å². The molecule has 0 radical (unpaired) electrons. The molecule has 1 aromatic carbocycles. The standard InChI is InChI=1S/C15H23FN2O2/c1-12(17(2)3)15(19)18(9-10-20-4)11-13-7-5-6-8-14(13)16/h5-8,12H,9-11H2,1-4H3/t12-/m0/s1. The van der Waals surface area contributed by atoms with Crippen molar-refractivity contribution in [3.8, 4) is 0 Å². The van der Waals surface area contributed by atoms with Crippen molar-refractivity contribution in [1.29, 1.82) is 0 Å². The SMILES string of the molecule is COCCN(Cc1ccccc1F)C(=O)[C@H](C)N(C)C. The Morgan fingerprint density at radius 3 is 2.55 bits per heavy atom. The van der Waals surface area contributed by atoms with Crippen LogP contribution >= 0.6 is 0 Å². The Labute approximate surface area is 120 Å². The summed E-state index contributed by atoms with van der Waals surface area (Å²) in [4.78, 5) is 15.9. The average molecular weight is 282 g/mol. The minimum absolute atomic E-state index is 0.0321. The Hall–Kier alpha value is -1.46. The van der Waals surface area contributed by atoms with E-state index >= 15 is 0 Å². The zero-order valence-corrected chi connectivity index (χ0v) is 12.6. The molecule has 0 unspecified atom stereocenters. The number of benzene rings is 1. The molecule has 0 heterocycles. The van der Waals surface area contributed by atoms with Crippen LogP contribution in [0.1, 0.15) is 12.5 Å². The molecular weight excluding hydrogens is 259 g/mol. The van der Waals surface area contributed by atoms with Gasteiger partial charge in [-0.25, -0.2) is 4.39 Å². The molecule has 0 fully saturated rings. The Kier molecular flexibility index (Phi) is 6.61. The van der Waals surface area contributed by atoms with Crippen LogP contribution in [0.2, 0.25) is 0 Å². The van der Waals surface area contributed by atoms with Gasteiger partial charge in [0, 0.05) is 25.8 Å². The Morgan fingerprint density at radius 1 is 1.35 bits per heavy atom. The molecule has 5 heteroatoms. The van der Waals surface area contributed by atoms with E-state index < -0.39 is 0 Å². The van der Waals surface area contributed by atoms with Gasteiger partial charge < -0.3 is 9.64 Å². The minimum atomic E-state index is -0.291. The molecule has 112 valence electrons. The number of rotatable bonds is 7. The molecule has 20 heavy (non-hydrogen) atoms. The number of halogens is 1. The fourth-order valence-electron chi connectivity index (χ4n) is 1.79. The quantitative estimate of drug-likeness (QED) is 0.764. The van der Waals surface area contributed by atoms with Crippen molar-refractivity contribution in [2.24, 2.45) is 0 Å². The fraction of sp³-hybridized carbons (Fsp3) is 0.533. The molecule has 0 aliphatic carbocycles. The molecule has 4 nitrogen and oxygen atoms in total. The summed E-state index contributed by atoms with van der Waals surface area (Å²) >= 11 is 0. The first kappa shape index (κ1) is 16.6. The molecule has 1 rings (SSSR count). The maximum atomic E-state index is 13.7. The van der Waals surface area contributed by atoms with Crippen LogP contribution in [0.4, 0.5) is 4.39 Å². The van der Waals surface area contributed by atoms with Crippen molar-refractivity contribution < 1.29 is 13.9 Å². The van der Waals surface area contributed by atoms with Crippen LogP contribution in [0, 0.1) is 5.82 Å². The van der Waals surface area contributed by atoms with E-state index in [1.54, 1.807) is 30.2 Å². The second kappa shape index (κ2) is 7.97. The monoisotopic (exact) mass is 282 g/mol. The lowest BCUT2D eigenvalue weighted by Crippen LogP contribution is -2.45. The van der Waals surface area contributed by atoms with Crippen molar-refractivity contribution >= 4 is 5.91 Å². The van der Waals surface area contributed by atoms with Gasteiger partial charge in [-0.15, -0.1) is 0 Å². The highest BCUT2D eigenvalue weighted by atomic mass is 19.1. The predicted octanol–water partition coefficient (Wildman–Crippen LogP) is 1.75. The van der Waals surface area contributed by atoms with Gasteiger partial charge in [0.2, 0.25) is 5.91 Å². The molecule has 0 spiro atoms. The fourth-order valence-corrected chi connectivity index (χ4v) is 1.79. The van der Waals surface area contributed by atoms with Crippen molar-refractivity contribution in [3.05, 3.63) is 35.6 Å². The first-order valence-corrected chi connectivity index (χ1v) is 6.65. The molecule has 0 saturated carbocycles. The van der Waals surface area contributed by atoms with E-state index in [0.717, 1.165) is 0 Å². The van der Waals surface area contributed by atoms with Crippen LogP contribution in [0.25, 0.3) is 0 Å². The average Bonchev–Trinajstić information content (AvgIpc) is 2.43. The van der Waals surface area contributed by atoms with Crippen LogP contribution in [0.5, 0.6) is 0 Å². The van der Waals surface area contributed by atoms with Crippen LogP contribution in [0.15, 0.2) is 24.3 Å². The number of likely N-dealkylation sites (N-methyl/N-ethyl adjacent to an activating group) is 1. The van der Waals surface area contributed by atoms with Crippen LogP contribution in [-0.2, 0) is 16.1 Å². The van der Waals surface area contributed by atoms with Gasteiger partial charge in [-0.1, -0.05) is 18.2 Å². The van der Waals surface area contributed by atoms with Gasteiger partial charge in [-0.05, 0) is 27.1 Å². The number of hydrogen-bond acceptors (Lipinski definition) is 3. The molecule has 0 saturated heterocycles. The number of amides is 1. The van der Waals surface area contributed by atoms with E-state index in [4.69, 9.17) is 4.74 Å². The third-order valence-corrected chi connectivity index (χ3v) is 3.33. The molecule has 1 aromatic rings. The van der Waals surface area contributed by atoms with Crippen molar-refractivity contribution in [1.82, 2.24) is 9.80 Å². The van der Waals surface area contributed by atoms with Crippen molar-refractivity contribution in [2.45, 2.75) is 19.5 Å². The van der Waals surface area contributed by atoms with Gasteiger partial charge in [-0.3, -0.25) is 9.69 Å². The lowest BCUT2D eigenvalue weighted by Gasteiger charge is -2.28. The lowest BCUT2D eigenvalue weighted by atomic mass is 10.1. The first-order chi connectivity index (χ1) is 9.47. The summed E-state index contributed by atoms with van der Waals surface area (Å²) in [6, 6.07) is 6.26. The minimum Gasteiger partial charge on any atom is -0.383 e. The third-order valence-electron chi connectivity index (χ3n) is 3.33. The molecular formula is C15H23FN2O2. The van der Waals surface area contributed by atoms with E-state index in [9.17, 15) is 9.18 Å². The van der Waals surface area contributed by atoms with Gasteiger partial charge >= 0.3 is 0 Å². The molecule has 0 bridgehead atoms. The van der Waals surface area contributed by atoms with E-state index in [1.165, 1.54) is 6.07 Å². The van der Waals surface area contributed by atoms with Gasteiger partial charge in [0.15, 0.2) is 0 Å². The highest BCUT2D eigenvalue weighted by Crippen LogP contribution is 2.11. The normalized spacial score (nSPS) is 12.5. The van der Waals surface area contributed by atoms with Crippen LogP contribution in [0.3, 0.4) is 0 Å². The number of ether oxygens (including phenoxy) is 1. The summed E-state index contributed by atoms with van der Waals surface area (Å²) in [5, 5.41) is 0. The summed E-state index contributed by atoms with van der Waals surface area (Å²) in [7, 11) is 5.28. The lowest BCUT2D eigenvalue weighted by molar-refractivity contribution is -0.136. The second-order valence-electron chi connectivity index (χ2n) is 4.98. The zero-order chi connectivity index (χ0) is 15.1. The van der Waals surface area contributed by atoms with Crippen molar-refractivity contribution in [3.63, 3.8) is 0 Å². The largest absolute Gasteiger partial charge is 0.383 e. The number of methoxy groups -OCH3 is 1. The molecule has 0 aliphatic heterocycles. The Balaban J connectivity index is 2.84. The highest BCUT2D eigenvalue weighted by Gasteiger charge is 2.22. The van der Waals surface area contributed by atoms with Gasteiger partial charge in [0.05, 0.1) is 12.6 Å². The van der Waals surface area contributed by atoms with Crippen LogP contribution < -0.4 is 0 Å². The zero-order valence-electron chi connectivity index (χ0n) is 12.6. The second-order valence-corrected chi connectivity index (χ2v) is 4.98. The Bertz CT molecular complexity index is 438. The van der Waals surface area contributed by atoms with E-state index in [1.807, 2.05) is 25.9 Å². The maximum Gasteiger partial charge on any atom is 0.240 e. The number of hydrogen-bond donors (Lipinski definition) is 0. The number of carbonyl (C=O) groups is 1. The summed E-state index contributed by atoms with van der Waals surface area (Å²) in [6.45, 7) is 2.97. The predicted molar refractivity (Wildman–Crippen MR) is 76.8 cm³/mol. The summed E-state index contributed by atoms with van der Waals surface area (Å²) in [5.41, 5.74) is 0.517. The highest BCUT2D eigenvalue weighted by molar-refractivity contribution is 5.81. The van der Waals surface area contributed by atoms with E-state index in [2.05, 4.69) is 0 Å². The Morgan fingerprint density at radius 2 is 2.00 bits per heavy atom. The third kappa shape index (κ3) is 4.58. The first-order valence-electron chi connectivity index (χ1n) is 6.65. The topological polar surface area (TPSA) is 32.8 Å². The van der Waals surface area contributed by atoms with Gasteiger partial charge in [-0.2, -0.15) is 0 Å². The molecule has 0 aromatic heterocycles. The molecule has 0 aliphatic rings. The number of nitrogens with zero attached hydrogens (tertiary/aromatic N) is 2.